The first-order chi connectivity index (χ1) is 17.8. The van der Waals surface area contributed by atoms with E-state index >= 15 is 0 Å². The molecule has 0 N–H and O–H groups in total. The molecule has 0 atom stereocenters. The largest absolute Gasteiger partial charge is 0.498 e. The molecular weight excluding hydrogens is 488 g/mol. The van der Waals surface area contributed by atoms with Crippen LogP contribution in [0.1, 0.15) is 43.4 Å². The lowest BCUT2D eigenvalue weighted by molar-refractivity contribution is 0.226. The van der Waals surface area contributed by atoms with Gasteiger partial charge < -0.3 is 23.7 Å². The van der Waals surface area contributed by atoms with Gasteiger partial charge >= 0.3 is 0 Å². The van der Waals surface area contributed by atoms with Gasteiger partial charge in [-0.1, -0.05) is 17.5 Å². The number of fused-ring (bicyclic) bond motifs is 2. The second-order valence-corrected chi connectivity index (χ2v) is 9.30. The second kappa shape index (κ2) is 11.2. The maximum absolute atomic E-state index is 6.30. The molecule has 194 valence electrons. The summed E-state index contributed by atoms with van der Waals surface area (Å²) in [6, 6.07) is 5.73. The lowest BCUT2D eigenvalue weighted by Gasteiger charge is -2.22. The van der Waals surface area contributed by atoms with Crippen LogP contribution in [0.5, 0.6) is 5.75 Å². The van der Waals surface area contributed by atoms with Gasteiger partial charge in [-0.25, -0.2) is 0 Å². The zero-order valence-electron chi connectivity index (χ0n) is 22.5. The van der Waals surface area contributed by atoms with Crippen LogP contribution in [-0.4, -0.2) is 41.6 Å². The molecule has 4 rings (SSSR count). The normalized spacial score (nSPS) is 14.3. The molecule has 0 amide bonds. The van der Waals surface area contributed by atoms with Crippen LogP contribution in [-0.2, 0) is 16.0 Å². The Morgan fingerprint density at radius 2 is 1.95 bits per heavy atom. The van der Waals surface area contributed by atoms with Gasteiger partial charge in [0.15, 0.2) is 11.6 Å². The summed E-state index contributed by atoms with van der Waals surface area (Å²) in [5, 5.41) is 12.0. The number of allylic oxidation sites excluding steroid dienone is 3. The van der Waals surface area contributed by atoms with E-state index in [0.717, 1.165) is 56.4 Å². The van der Waals surface area contributed by atoms with Gasteiger partial charge in [-0.2, -0.15) is 5.10 Å². The van der Waals surface area contributed by atoms with Crippen molar-refractivity contribution in [3.63, 3.8) is 0 Å². The monoisotopic (exact) mass is 520 g/mol. The Hall–Kier alpha value is -3.63. The quantitative estimate of drug-likeness (QED) is 0.219. The molecule has 1 aliphatic heterocycles. The summed E-state index contributed by atoms with van der Waals surface area (Å²) in [4.78, 5) is 2.21. The van der Waals surface area contributed by atoms with Crippen molar-refractivity contribution >= 4 is 33.9 Å². The van der Waals surface area contributed by atoms with Crippen LogP contribution in [0.25, 0.3) is 16.5 Å². The van der Waals surface area contributed by atoms with Gasteiger partial charge in [-0.05, 0) is 65.7 Å². The van der Waals surface area contributed by atoms with Crippen LogP contribution >= 0.6 is 11.6 Å². The van der Waals surface area contributed by atoms with E-state index in [-0.39, 0.29) is 0 Å². The van der Waals surface area contributed by atoms with E-state index in [0.29, 0.717) is 37.1 Å². The topological polar surface area (TPSA) is 61.6 Å². The molecular formula is C29H33ClN4O3. The zero-order valence-corrected chi connectivity index (χ0v) is 23.3. The highest BCUT2D eigenvalue weighted by atomic mass is 35.5. The molecule has 1 aromatic carbocycles. The van der Waals surface area contributed by atoms with E-state index in [2.05, 4.69) is 45.4 Å². The summed E-state index contributed by atoms with van der Waals surface area (Å²) in [6.07, 6.45) is 1.88. The minimum atomic E-state index is 0.534. The van der Waals surface area contributed by atoms with Crippen molar-refractivity contribution in [1.29, 1.82) is 0 Å². The standard InChI is InChI=1S/C29H33ClN4O3/c1-8-10-24(26(35-7)15-18(3)36-9-2)34-20(5)27-19(4)31-32-29(28(27)21(34)6)33-13-14-37-25-12-11-23(30)16-22(25)17-33/h11-12,15-16H,9,13-14,17H2,1-7H3/b18-15+,26-24-. The fourth-order valence-electron chi connectivity index (χ4n) is 4.90. The van der Waals surface area contributed by atoms with Gasteiger partial charge in [-0.3, -0.25) is 0 Å². The molecule has 3 heterocycles. The maximum Gasteiger partial charge on any atom is 0.161 e. The number of aromatic nitrogens is 3. The number of aryl methyl sites for hydroxylation is 3. The Morgan fingerprint density at radius 3 is 2.65 bits per heavy atom. The van der Waals surface area contributed by atoms with Gasteiger partial charge in [-0.15, -0.1) is 5.10 Å². The number of anilines is 1. The maximum atomic E-state index is 6.30. The first kappa shape index (κ1) is 26.4. The fourth-order valence-corrected chi connectivity index (χ4v) is 5.09. The summed E-state index contributed by atoms with van der Waals surface area (Å²) in [5.74, 6) is 9.35. The van der Waals surface area contributed by atoms with Crippen LogP contribution < -0.4 is 9.64 Å². The molecule has 3 aromatic rings. The molecule has 0 aliphatic carbocycles. The van der Waals surface area contributed by atoms with Crippen LogP contribution in [0, 0.1) is 32.6 Å². The SMILES string of the molecule is CC#C/C(=C(\C=C(/C)OCC)OC)n1c(C)c2c(C)nnc(N3CCOc4ccc(Cl)cc4C3)c2c1C. The second-order valence-electron chi connectivity index (χ2n) is 8.87. The lowest BCUT2D eigenvalue weighted by atomic mass is 10.1. The molecule has 7 nitrogen and oxygen atoms in total. The van der Waals surface area contributed by atoms with Crippen molar-refractivity contribution in [2.75, 3.05) is 31.8 Å². The predicted octanol–water partition coefficient (Wildman–Crippen LogP) is 6.19. The first-order valence-electron chi connectivity index (χ1n) is 12.3. The van der Waals surface area contributed by atoms with E-state index in [1.165, 1.54) is 0 Å². The Kier molecular flexibility index (Phi) is 7.99. The highest BCUT2D eigenvalue weighted by Gasteiger charge is 2.26. The Morgan fingerprint density at radius 1 is 1.19 bits per heavy atom. The number of ether oxygens (including phenoxy) is 3. The number of hydrogen-bond acceptors (Lipinski definition) is 6. The number of halogens is 1. The van der Waals surface area contributed by atoms with Gasteiger partial charge in [0.05, 0.1) is 31.7 Å². The van der Waals surface area contributed by atoms with Gasteiger partial charge in [0.2, 0.25) is 0 Å². The van der Waals surface area contributed by atoms with Crippen molar-refractivity contribution < 1.29 is 14.2 Å². The molecule has 37 heavy (non-hydrogen) atoms. The molecule has 0 unspecified atom stereocenters. The summed E-state index contributed by atoms with van der Waals surface area (Å²) in [7, 11) is 1.65. The third-order valence-corrected chi connectivity index (χ3v) is 6.69. The smallest absolute Gasteiger partial charge is 0.161 e. The molecule has 0 spiro atoms. The van der Waals surface area contributed by atoms with E-state index in [1.54, 1.807) is 7.11 Å². The van der Waals surface area contributed by atoms with E-state index in [9.17, 15) is 0 Å². The van der Waals surface area contributed by atoms with Crippen molar-refractivity contribution in [1.82, 2.24) is 14.8 Å². The Bertz CT molecular complexity index is 1460. The average Bonchev–Trinajstić information content (AvgIpc) is 3.00. The van der Waals surface area contributed by atoms with Gasteiger partial charge in [0.25, 0.3) is 0 Å². The van der Waals surface area contributed by atoms with Crippen molar-refractivity contribution in [3.05, 3.63) is 63.5 Å². The molecule has 0 radical (unpaired) electrons. The summed E-state index contributed by atoms with van der Waals surface area (Å²) >= 11 is 6.30. The molecule has 8 heteroatoms. The van der Waals surface area contributed by atoms with Gasteiger partial charge in [0.1, 0.15) is 18.1 Å². The molecule has 0 bridgehead atoms. The van der Waals surface area contributed by atoms with E-state index in [4.69, 9.17) is 25.8 Å². The Balaban J connectivity index is 1.95. The number of nitrogens with zero attached hydrogens (tertiary/aromatic N) is 4. The average molecular weight is 521 g/mol. The highest BCUT2D eigenvalue weighted by molar-refractivity contribution is 6.30. The van der Waals surface area contributed by atoms with E-state index < -0.39 is 0 Å². The lowest BCUT2D eigenvalue weighted by Crippen LogP contribution is -2.26. The predicted molar refractivity (Wildman–Crippen MR) is 149 cm³/mol. The fraction of sp³-hybridized carbons (Fsp3) is 0.379. The van der Waals surface area contributed by atoms with Crippen LogP contribution in [0.4, 0.5) is 5.82 Å². The molecule has 0 fully saturated rings. The molecule has 0 saturated carbocycles. The summed E-state index contributed by atoms with van der Waals surface area (Å²) in [5.41, 5.74) is 4.63. The summed E-state index contributed by atoms with van der Waals surface area (Å²) in [6.45, 7) is 14.2. The number of hydrogen-bond donors (Lipinski definition) is 0. The van der Waals surface area contributed by atoms with Crippen molar-refractivity contribution in [2.45, 2.75) is 48.1 Å². The third-order valence-electron chi connectivity index (χ3n) is 6.45. The highest BCUT2D eigenvalue weighted by Crippen LogP contribution is 2.38. The number of benzene rings is 1. The van der Waals surface area contributed by atoms with Crippen LogP contribution in [0.15, 0.2) is 35.8 Å². The number of methoxy groups -OCH3 is 1. The van der Waals surface area contributed by atoms with Gasteiger partial charge in [0, 0.05) is 45.4 Å². The Labute approximate surface area is 223 Å². The first-order valence-corrected chi connectivity index (χ1v) is 12.7. The molecule has 0 saturated heterocycles. The third kappa shape index (κ3) is 5.12. The van der Waals surface area contributed by atoms with Crippen LogP contribution in [0.2, 0.25) is 5.02 Å². The molecule has 1 aliphatic rings. The minimum absolute atomic E-state index is 0.534. The van der Waals surface area contributed by atoms with Crippen molar-refractivity contribution in [2.24, 2.45) is 0 Å². The van der Waals surface area contributed by atoms with E-state index in [1.807, 2.05) is 52.0 Å². The zero-order chi connectivity index (χ0) is 26.7. The van der Waals surface area contributed by atoms with Crippen LogP contribution in [0.3, 0.4) is 0 Å². The summed E-state index contributed by atoms with van der Waals surface area (Å²) < 4.78 is 19.6. The number of rotatable bonds is 6. The molecule has 2 aromatic heterocycles. The minimum Gasteiger partial charge on any atom is -0.498 e. The van der Waals surface area contributed by atoms with Crippen molar-refractivity contribution in [3.8, 4) is 17.6 Å².